The molecular formula is C21H22O4S. The summed E-state index contributed by atoms with van der Waals surface area (Å²) in [5.41, 5.74) is 2.10. The molecule has 1 heterocycles. The van der Waals surface area contributed by atoms with Crippen molar-refractivity contribution in [2.75, 3.05) is 12.4 Å². The molecule has 2 aromatic rings. The highest BCUT2D eigenvalue weighted by Crippen LogP contribution is 2.42. The van der Waals surface area contributed by atoms with Crippen molar-refractivity contribution in [1.29, 1.82) is 0 Å². The fourth-order valence-corrected chi connectivity index (χ4v) is 4.39. The Labute approximate surface area is 157 Å². The summed E-state index contributed by atoms with van der Waals surface area (Å²) in [6.45, 7) is 6.49. The second kappa shape index (κ2) is 7.54. The number of benzene rings is 2. The standard InChI is InChI=1S/C21H22O4S/c1-4-24-19(22)14-5-7-15(8-6-14)20(23)25-16-9-10-18-17(13-16)21(2,3)11-12-26-18/h5-10,13H,4,11-12H2,1-3H3. The number of ether oxygens (including phenoxy) is 2. The lowest BCUT2D eigenvalue weighted by molar-refractivity contribution is 0.0525. The molecule has 0 N–H and O–H groups in total. The van der Waals surface area contributed by atoms with Crippen LogP contribution in [-0.4, -0.2) is 24.3 Å². The van der Waals surface area contributed by atoms with Crippen molar-refractivity contribution < 1.29 is 19.1 Å². The average Bonchev–Trinajstić information content (AvgIpc) is 2.62. The Kier molecular flexibility index (Phi) is 5.37. The summed E-state index contributed by atoms with van der Waals surface area (Å²) in [5.74, 6) is 0.800. The molecular weight excluding hydrogens is 348 g/mol. The van der Waals surface area contributed by atoms with Gasteiger partial charge in [-0.3, -0.25) is 0 Å². The Morgan fingerprint density at radius 1 is 1.04 bits per heavy atom. The monoisotopic (exact) mass is 370 g/mol. The van der Waals surface area contributed by atoms with Crippen molar-refractivity contribution in [2.24, 2.45) is 0 Å². The molecule has 0 spiro atoms. The third-order valence-corrected chi connectivity index (χ3v) is 5.58. The van der Waals surface area contributed by atoms with Crippen LogP contribution in [0.1, 0.15) is 53.5 Å². The Hall–Kier alpha value is -2.27. The van der Waals surface area contributed by atoms with Crippen molar-refractivity contribution in [3.8, 4) is 5.75 Å². The van der Waals surface area contributed by atoms with E-state index in [0.29, 0.717) is 23.5 Å². The van der Waals surface area contributed by atoms with Gasteiger partial charge in [-0.25, -0.2) is 9.59 Å². The van der Waals surface area contributed by atoms with Crippen molar-refractivity contribution in [1.82, 2.24) is 0 Å². The summed E-state index contributed by atoms with van der Waals surface area (Å²) in [6.07, 6.45) is 1.09. The molecule has 0 atom stereocenters. The molecule has 1 aliphatic heterocycles. The first-order chi connectivity index (χ1) is 12.4. The van der Waals surface area contributed by atoms with Crippen LogP contribution in [0.5, 0.6) is 5.75 Å². The molecule has 0 unspecified atom stereocenters. The fourth-order valence-electron chi connectivity index (χ4n) is 2.90. The second-order valence-corrected chi connectivity index (χ2v) is 7.96. The molecule has 0 saturated carbocycles. The van der Waals surface area contributed by atoms with Gasteiger partial charge in [-0.15, -0.1) is 11.8 Å². The highest BCUT2D eigenvalue weighted by molar-refractivity contribution is 7.99. The molecule has 0 radical (unpaired) electrons. The van der Waals surface area contributed by atoms with Crippen molar-refractivity contribution in [3.05, 3.63) is 59.2 Å². The van der Waals surface area contributed by atoms with Crippen LogP contribution in [0.4, 0.5) is 0 Å². The Bertz CT molecular complexity index is 824. The Morgan fingerprint density at radius 3 is 2.35 bits per heavy atom. The van der Waals surface area contributed by atoms with E-state index >= 15 is 0 Å². The summed E-state index contributed by atoms with van der Waals surface area (Å²) >= 11 is 1.84. The molecule has 0 amide bonds. The molecule has 0 saturated heterocycles. The van der Waals surface area contributed by atoms with Crippen LogP contribution < -0.4 is 4.74 Å². The topological polar surface area (TPSA) is 52.6 Å². The molecule has 5 heteroatoms. The van der Waals surface area contributed by atoms with E-state index in [9.17, 15) is 9.59 Å². The SMILES string of the molecule is CCOC(=O)c1ccc(C(=O)Oc2ccc3c(c2)C(C)(C)CCS3)cc1. The first-order valence-electron chi connectivity index (χ1n) is 8.67. The lowest BCUT2D eigenvalue weighted by Crippen LogP contribution is -2.22. The number of thioether (sulfide) groups is 1. The van der Waals surface area contributed by atoms with E-state index in [0.717, 1.165) is 12.2 Å². The van der Waals surface area contributed by atoms with E-state index in [2.05, 4.69) is 13.8 Å². The van der Waals surface area contributed by atoms with Gasteiger partial charge in [-0.1, -0.05) is 13.8 Å². The van der Waals surface area contributed by atoms with Crippen LogP contribution in [0.3, 0.4) is 0 Å². The van der Waals surface area contributed by atoms with E-state index < -0.39 is 11.9 Å². The van der Waals surface area contributed by atoms with Crippen LogP contribution in [-0.2, 0) is 10.2 Å². The number of carbonyl (C=O) groups excluding carboxylic acids is 2. The van der Waals surface area contributed by atoms with Crippen LogP contribution in [0.2, 0.25) is 0 Å². The molecule has 0 bridgehead atoms. The van der Waals surface area contributed by atoms with Gasteiger partial charge in [0.2, 0.25) is 0 Å². The van der Waals surface area contributed by atoms with Crippen LogP contribution in [0.25, 0.3) is 0 Å². The third-order valence-electron chi connectivity index (χ3n) is 4.51. The maximum Gasteiger partial charge on any atom is 0.343 e. The molecule has 1 aliphatic rings. The van der Waals surface area contributed by atoms with E-state index in [1.807, 2.05) is 30.0 Å². The fraction of sp³-hybridized carbons (Fsp3) is 0.333. The van der Waals surface area contributed by atoms with Gasteiger partial charge in [-0.05, 0) is 72.5 Å². The molecule has 0 fully saturated rings. The van der Waals surface area contributed by atoms with E-state index in [-0.39, 0.29) is 5.41 Å². The van der Waals surface area contributed by atoms with Gasteiger partial charge in [0.1, 0.15) is 5.75 Å². The van der Waals surface area contributed by atoms with Crippen molar-refractivity contribution in [3.63, 3.8) is 0 Å². The Morgan fingerprint density at radius 2 is 1.69 bits per heavy atom. The van der Waals surface area contributed by atoms with Crippen LogP contribution in [0, 0.1) is 0 Å². The molecule has 0 aliphatic carbocycles. The molecule has 4 nitrogen and oxygen atoms in total. The highest BCUT2D eigenvalue weighted by Gasteiger charge is 2.28. The normalized spacial score (nSPS) is 15.0. The first kappa shape index (κ1) is 18.5. The maximum absolute atomic E-state index is 12.4. The quantitative estimate of drug-likeness (QED) is 0.568. The van der Waals surface area contributed by atoms with Gasteiger partial charge in [0.05, 0.1) is 17.7 Å². The summed E-state index contributed by atoms with van der Waals surface area (Å²) < 4.78 is 10.5. The minimum absolute atomic E-state index is 0.0737. The van der Waals surface area contributed by atoms with Crippen LogP contribution in [0.15, 0.2) is 47.4 Å². The molecule has 0 aromatic heterocycles. The zero-order valence-corrected chi connectivity index (χ0v) is 16.0. The largest absolute Gasteiger partial charge is 0.462 e. The number of carbonyl (C=O) groups is 2. The minimum atomic E-state index is -0.443. The number of rotatable bonds is 4. The lowest BCUT2D eigenvalue weighted by atomic mass is 9.82. The average molecular weight is 370 g/mol. The predicted molar refractivity (Wildman–Crippen MR) is 102 cm³/mol. The van der Waals surface area contributed by atoms with E-state index in [1.54, 1.807) is 31.2 Å². The molecule has 136 valence electrons. The van der Waals surface area contributed by atoms with E-state index in [1.165, 1.54) is 10.5 Å². The number of hydrogen-bond acceptors (Lipinski definition) is 5. The lowest BCUT2D eigenvalue weighted by Gasteiger charge is -2.32. The van der Waals surface area contributed by atoms with Gasteiger partial charge in [0, 0.05) is 4.90 Å². The maximum atomic E-state index is 12.4. The number of fused-ring (bicyclic) bond motifs is 1. The summed E-state index contributed by atoms with van der Waals surface area (Å²) in [6, 6.07) is 12.1. The molecule has 3 rings (SSSR count). The third kappa shape index (κ3) is 3.93. The van der Waals surface area contributed by atoms with Gasteiger partial charge in [-0.2, -0.15) is 0 Å². The zero-order chi connectivity index (χ0) is 18.7. The minimum Gasteiger partial charge on any atom is -0.462 e. The van der Waals surface area contributed by atoms with Gasteiger partial charge < -0.3 is 9.47 Å². The van der Waals surface area contributed by atoms with Crippen LogP contribution >= 0.6 is 11.8 Å². The van der Waals surface area contributed by atoms with Gasteiger partial charge >= 0.3 is 11.9 Å². The summed E-state index contributed by atoms with van der Waals surface area (Å²) in [5, 5.41) is 0. The Balaban J connectivity index is 1.75. The zero-order valence-electron chi connectivity index (χ0n) is 15.2. The van der Waals surface area contributed by atoms with Crippen molar-refractivity contribution in [2.45, 2.75) is 37.5 Å². The predicted octanol–water partition coefficient (Wildman–Crippen LogP) is 4.86. The number of esters is 2. The first-order valence-corrected chi connectivity index (χ1v) is 9.66. The van der Waals surface area contributed by atoms with E-state index in [4.69, 9.17) is 9.47 Å². The summed E-state index contributed by atoms with van der Waals surface area (Å²) in [4.78, 5) is 25.3. The summed E-state index contributed by atoms with van der Waals surface area (Å²) in [7, 11) is 0. The van der Waals surface area contributed by atoms with Gasteiger partial charge in [0.25, 0.3) is 0 Å². The second-order valence-electron chi connectivity index (χ2n) is 6.83. The van der Waals surface area contributed by atoms with Crippen molar-refractivity contribution >= 4 is 23.7 Å². The molecule has 2 aromatic carbocycles. The van der Waals surface area contributed by atoms with Gasteiger partial charge in [0.15, 0.2) is 0 Å². The smallest absolute Gasteiger partial charge is 0.343 e. The number of hydrogen-bond donors (Lipinski definition) is 0. The highest BCUT2D eigenvalue weighted by atomic mass is 32.2. The molecule has 26 heavy (non-hydrogen) atoms.